The zero-order chi connectivity index (χ0) is 18.2. The molecule has 0 spiro atoms. The summed E-state index contributed by atoms with van der Waals surface area (Å²) >= 11 is 1.82. The summed E-state index contributed by atoms with van der Waals surface area (Å²) in [5.41, 5.74) is 0. The highest BCUT2D eigenvalue weighted by atomic mass is 32.1. The maximum absolute atomic E-state index is 10.2. The number of para-hydroxylation sites is 1. The van der Waals surface area contributed by atoms with E-state index in [1.165, 1.54) is 17.7 Å². The van der Waals surface area contributed by atoms with Crippen LogP contribution >= 0.6 is 11.3 Å². The molecule has 5 heteroatoms. The highest BCUT2D eigenvalue weighted by molar-refractivity contribution is 7.10. The lowest BCUT2D eigenvalue weighted by molar-refractivity contribution is 0.0985. The quantitative estimate of drug-likeness (QED) is 0.705. The first kappa shape index (κ1) is 19.4. The van der Waals surface area contributed by atoms with E-state index in [-0.39, 0.29) is 0 Å². The number of nitrogens with zero attached hydrogens (tertiary/aromatic N) is 1. The summed E-state index contributed by atoms with van der Waals surface area (Å²) in [6.45, 7) is 6.37. The van der Waals surface area contributed by atoms with E-state index in [4.69, 9.17) is 4.74 Å². The number of likely N-dealkylation sites (tertiary alicyclic amines) is 1. The van der Waals surface area contributed by atoms with Crippen molar-refractivity contribution in [2.24, 2.45) is 5.92 Å². The third-order valence-electron chi connectivity index (χ3n) is 5.03. The average Bonchev–Trinajstić information content (AvgIpc) is 3.20. The van der Waals surface area contributed by atoms with Crippen LogP contribution < -0.4 is 10.1 Å². The topological polar surface area (TPSA) is 44.7 Å². The minimum absolute atomic E-state index is 0.307. The normalized spacial score (nSPS) is 18.5. The van der Waals surface area contributed by atoms with Gasteiger partial charge in [0.1, 0.15) is 18.5 Å². The number of aliphatic hydroxyl groups excluding tert-OH is 1. The van der Waals surface area contributed by atoms with Gasteiger partial charge in [-0.2, -0.15) is 0 Å². The third-order valence-corrected chi connectivity index (χ3v) is 6.01. The zero-order valence-electron chi connectivity index (χ0n) is 15.5. The monoisotopic (exact) mass is 374 g/mol. The van der Waals surface area contributed by atoms with Crippen LogP contribution in [0.25, 0.3) is 0 Å². The Bertz CT molecular complexity index is 612. The minimum atomic E-state index is -0.513. The van der Waals surface area contributed by atoms with Gasteiger partial charge in [0, 0.05) is 18.0 Å². The van der Waals surface area contributed by atoms with Gasteiger partial charge < -0.3 is 15.2 Å². The molecule has 1 aromatic carbocycles. The summed E-state index contributed by atoms with van der Waals surface area (Å²) in [7, 11) is 0. The molecule has 0 saturated carbocycles. The molecule has 26 heavy (non-hydrogen) atoms. The van der Waals surface area contributed by atoms with E-state index < -0.39 is 6.10 Å². The summed E-state index contributed by atoms with van der Waals surface area (Å²) in [5, 5.41) is 15.8. The van der Waals surface area contributed by atoms with Crippen molar-refractivity contribution in [2.45, 2.75) is 31.9 Å². The summed E-state index contributed by atoms with van der Waals surface area (Å²) in [6.07, 6.45) is 2.03. The van der Waals surface area contributed by atoms with E-state index >= 15 is 0 Å². The van der Waals surface area contributed by atoms with E-state index in [0.29, 0.717) is 19.2 Å². The number of ether oxygens (including phenoxy) is 1. The highest BCUT2D eigenvalue weighted by Crippen LogP contribution is 2.29. The fourth-order valence-electron chi connectivity index (χ4n) is 3.39. The predicted octanol–water partition coefficient (Wildman–Crippen LogP) is 3.55. The Morgan fingerprint density at radius 2 is 1.92 bits per heavy atom. The molecule has 0 bridgehead atoms. The van der Waals surface area contributed by atoms with Gasteiger partial charge in [-0.25, -0.2) is 0 Å². The maximum Gasteiger partial charge on any atom is 0.119 e. The molecule has 2 heterocycles. The summed E-state index contributed by atoms with van der Waals surface area (Å²) in [5.74, 6) is 1.63. The van der Waals surface area contributed by atoms with Gasteiger partial charge in [0.05, 0.1) is 6.04 Å². The van der Waals surface area contributed by atoms with E-state index in [1.54, 1.807) is 0 Å². The van der Waals surface area contributed by atoms with Crippen molar-refractivity contribution in [1.82, 2.24) is 10.2 Å². The van der Waals surface area contributed by atoms with Crippen molar-refractivity contribution in [2.75, 3.05) is 32.8 Å². The van der Waals surface area contributed by atoms with Gasteiger partial charge >= 0.3 is 0 Å². The van der Waals surface area contributed by atoms with Gasteiger partial charge in [-0.15, -0.1) is 11.3 Å². The van der Waals surface area contributed by atoms with Crippen molar-refractivity contribution < 1.29 is 9.84 Å². The van der Waals surface area contributed by atoms with E-state index in [2.05, 4.69) is 34.7 Å². The van der Waals surface area contributed by atoms with E-state index in [0.717, 1.165) is 31.3 Å². The van der Waals surface area contributed by atoms with Crippen LogP contribution in [0.1, 0.15) is 30.7 Å². The van der Waals surface area contributed by atoms with Crippen LogP contribution in [-0.2, 0) is 0 Å². The lowest BCUT2D eigenvalue weighted by Gasteiger charge is -2.36. The van der Waals surface area contributed by atoms with Gasteiger partial charge in [0.25, 0.3) is 0 Å². The molecule has 1 aliphatic rings. The van der Waals surface area contributed by atoms with Crippen LogP contribution in [0, 0.1) is 5.92 Å². The van der Waals surface area contributed by atoms with Gasteiger partial charge in [-0.3, -0.25) is 4.90 Å². The van der Waals surface area contributed by atoms with Crippen LogP contribution in [-0.4, -0.2) is 48.9 Å². The molecule has 2 aromatic rings. The van der Waals surface area contributed by atoms with Crippen LogP contribution in [0.3, 0.4) is 0 Å². The van der Waals surface area contributed by atoms with E-state index in [1.807, 2.05) is 41.7 Å². The number of piperidine rings is 1. The molecule has 142 valence electrons. The van der Waals surface area contributed by atoms with Crippen molar-refractivity contribution >= 4 is 11.3 Å². The molecule has 1 aromatic heterocycles. The first-order valence-electron chi connectivity index (χ1n) is 9.56. The summed E-state index contributed by atoms with van der Waals surface area (Å²) in [4.78, 5) is 3.99. The Morgan fingerprint density at radius 3 is 2.62 bits per heavy atom. The largest absolute Gasteiger partial charge is 0.491 e. The Labute approximate surface area is 160 Å². The van der Waals surface area contributed by atoms with Crippen LogP contribution in [0.15, 0.2) is 47.8 Å². The molecule has 4 nitrogen and oxygen atoms in total. The second-order valence-electron chi connectivity index (χ2n) is 7.19. The van der Waals surface area contributed by atoms with Gasteiger partial charge in [-0.1, -0.05) is 31.2 Å². The number of benzene rings is 1. The molecule has 0 unspecified atom stereocenters. The Kier molecular flexibility index (Phi) is 7.50. The molecule has 0 aliphatic carbocycles. The van der Waals surface area contributed by atoms with Crippen LogP contribution in [0.5, 0.6) is 5.75 Å². The van der Waals surface area contributed by atoms with Crippen LogP contribution in [0.4, 0.5) is 0 Å². The summed E-state index contributed by atoms with van der Waals surface area (Å²) in [6, 6.07) is 14.4. The zero-order valence-corrected chi connectivity index (χ0v) is 16.3. The maximum atomic E-state index is 10.2. The fourth-order valence-corrected chi connectivity index (χ4v) is 4.25. The van der Waals surface area contributed by atoms with Gasteiger partial charge in [0.2, 0.25) is 0 Å². The first-order chi connectivity index (χ1) is 12.7. The van der Waals surface area contributed by atoms with Crippen molar-refractivity contribution in [3.63, 3.8) is 0 Å². The first-order valence-corrected chi connectivity index (χ1v) is 10.4. The van der Waals surface area contributed by atoms with Gasteiger partial charge in [0.15, 0.2) is 0 Å². The van der Waals surface area contributed by atoms with Crippen molar-refractivity contribution in [3.8, 4) is 5.75 Å². The number of nitrogens with one attached hydrogen (secondary N) is 1. The second kappa shape index (κ2) is 10.1. The molecule has 2 N–H and O–H groups in total. The molecule has 2 atom stereocenters. The van der Waals surface area contributed by atoms with Crippen LogP contribution in [0.2, 0.25) is 0 Å². The molecule has 3 rings (SSSR count). The number of hydrogen-bond acceptors (Lipinski definition) is 5. The lowest BCUT2D eigenvalue weighted by Crippen LogP contribution is -2.42. The fraction of sp³-hybridized carbons (Fsp3) is 0.524. The standard InChI is InChI=1S/C21H30N2O2S/c1-17-9-11-23(12-10-17)20(21-8-5-13-26-21)15-22-14-18(24)16-25-19-6-3-2-4-7-19/h2-8,13,17-18,20,22,24H,9-12,14-16H2,1H3/t18-,20-/m0/s1. The second-order valence-corrected chi connectivity index (χ2v) is 8.17. The molecule has 1 aliphatic heterocycles. The Balaban J connectivity index is 1.45. The molecule has 0 amide bonds. The molecule has 0 radical (unpaired) electrons. The van der Waals surface area contributed by atoms with Crippen molar-refractivity contribution in [3.05, 3.63) is 52.7 Å². The summed E-state index contributed by atoms with van der Waals surface area (Å²) < 4.78 is 5.63. The average molecular weight is 375 g/mol. The van der Waals surface area contributed by atoms with Crippen molar-refractivity contribution in [1.29, 1.82) is 0 Å². The predicted molar refractivity (Wildman–Crippen MR) is 108 cm³/mol. The highest BCUT2D eigenvalue weighted by Gasteiger charge is 2.25. The molecular formula is C21H30N2O2S. The Morgan fingerprint density at radius 1 is 1.15 bits per heavy atom. The molecular weight excluding hydrogens is 344 g/mol. The molecule has 1 fully saturated rings. The molecule has 1 saturated heterocycles. The number of hydrogen-bond donors (Lipinski definition) is 2. The third kappa shape index (κ3) is 5.81. The Hall–Kier alpha value is -1.40. The lowest BCUT2D eigenvalue weighted by atomic mass is 9.97. The van der Waals surface area contributed by atoms with Gasteiger partial charge in [-0.05, 0) is 55.4 Å². The smallest absolute Gasteiger partial charge is 0.119 e. The number of rotatable bonds is 9. The minimum Gasteiger partial charge on any atom is -0.491 e. The number of thiophene rings is 1. The SMILES string of the molecule is CC1CCN([C@@H](CNC[C@H](O)COc2ccccc2)c2cccs2)CC1. The van der Waals surface area contributed by atoms with E-state index in [9.17, 15) is 5.11 Å². The number of aliphatic hydroxyl groups is 1.